The Morgan fingerprint density at radius 1 is 1.05 bits per heavy atom. The fourth-order valence-corrected chi connectivity index (χ4v) is 4.42. The number of aliphatic hydroxyl groups is 1. The summed E-state index contributed by atoms with van der Waals surface area (Å²) in [6.45, 7) is 4.72. The first-order valence-electron chi connectivity index (χ1n) is 12.8. The molecule has 3 aromatic rings. The van der Waals surface area contributed by atoms with Crippen molar-refractivity contribution in [2.75, 3.05) is 27.4 Å². The summed E-state index contributed by atoms with van der Waals surface area (Å²) in [4.78, 5) is 18.8. The maximum absolute atomic E-state index is 13.9. The second-order valence-electron chi connectivity index (χ2n) is 9.09. The average Bonchev–Trinajstić information content (AvgIpc) is 3.37. The van der Waals surface area contributed by atoms with Crippen molar-refractivity contribution in [3.8, 4) is 17.2 Å². The van der Waals surface area contributed by atoms with Gasteiger partial charge in [0.25, 0.3) is 5.91 Å². The second-order valence-corrected chi connectivity index (χ2v) is 9.09. The van der Waals surface area contributed by atoms with Gasteiger partial charge >= 0.3 is 0 Å². The number of aliphatic imine (C=N–C) groups is 1. The number of hydrogen-bond donors (Lipinski definition) is 2. The molecule has 2 atom stereocenters. The lowest BCUT2D eigenvalue weighted by atomic mass is 9.84. The van der Waals surface area contributed by atoms with Gasteiger partial charge in [-0.05, 0) is 59.7 Å². The average molecular weight is 531 g/mol. The first-order chi connectivity index (χ1) is 19.0. The molecule has 0 unspecified atom stereocenters. The summed E-state index contributed by atoms with van der Waals surface area (Å²) < 4.78 is 22.8. The van der Waals surface area contributed by atoms with Crippen LogP contribution >= 0.6 is 0 Å². The van der Waals surface area contributed by atoms with Gasteiger partial charge in [-0.3, -0.25) is 4.79 Å². The molecule has 1 aliphatic rings. The Balaban J connectivity index is 1.66. The van der Waals surface area contributed by atoms with E-state index in [0.29, 0.717) is 42.5 Å². The fourth-order valence-electron chi connectivity index (χ4n) is 4.42. The molecule has 8 nitrogen and oxygen atoms in total. The Hall–Kier alpha value is -4.30. The summed E-state index contributed by atoms with van der Waals surface area (Å²) in [5.41, 5.74) is 1.12. The quantitative estimate of drug-likeness (QED) is 0.247. The van der Waals surface area contributed by atoms with Gasteiger partial charge in [0.05, 0.1) is 20.8 Å². The van der Waals surface area contributed by atoms with Gasteiger partial charge in [0, 0.05) is 31.6 Å². The van der Waals surface area contributed by atoms with Crippen LogP contribution < -0.4 is 19.5 Å². The smallest absolute Gasteiger partial charge is 0.252 e. The SMILES string of the molecule is C=CC[C@@]1(C(=O)NCc2ccc(OC)cc2)N=C(c2ccc(OCCCO)cc2)O[C@@H]1c1cccc(OC)c1. The van der Waals surface area contributed by atoms with Crippen molar-refractivity contribution >= 4 is 11.8 Å². The predicted octanol–water partition coefficient (Wildman–Crippen LogP) is 4.61. The Labute approximate surface area is 228 Å². The minimum absolute atomic E-state index is 0.0697. The Morgan fingerprint density at radius 3 is 2.44 bits per heavy atom. The Kier molecular flexibility index (Phi) is 9.22. The van der Waals surface area contributed by atoms with E-state index in [9.17, 15) is 4.79 Å². The number of ether oxygens (including phenoxy) is 4. The molecule has 3 aromatic carbocycles. The highest BCUT2D eigenvalue weighted by atomic mass is 16.5. The number of hydrogen-bond acceptors (Lipinski definition) is 7. The molecule has 0 fully saturated rings. The number of nitrogens with one attached hydrogen (secondary N) is 1. The molecule has 0 spiro atoms. The molecule has 0 aromatic heterocycles. The molecule has 204 valence electrons. The van der Waals surface area contributed by atoms with Crippen molar-refractivity contribution in [3.05, 3.63) is 102 Å². The van der Waals surface area contributed by atoms with Gasteiger partial charge in [0.1, 0.15) is 17.2 Å². The van der Waals surface area contributed by atoms with Gasteiger partial charge in [-0.2, -0.15) is 0 Å². The third-order valence-electron chi connectivity index (χ3n) is 6.49. The van der Waals surface area contributed by atoms with Crippen LogP contribution in [0.15, 0.2) is 90.4 Å². The molecule has 39 heavy (non-hydrogen) atoms. The van der Waals surface area contributed by atoms with E-state index in [2.05, 4.69) is 11.9 Å². The minimum atomic E-state index is -1.29. The van der Waals surface area contributed by atoms with Crippen molar-refractivity contribution < 1.29 is 28.8 Å². The number of methoxy groups -OCH3 is 2. The van der Waals surface area contributed by atoms with Crippen LogP contribution in [0.4, 0.5) is 0 Å². The fraction of sp³-hybridized carbons (Fsp3) is 0.290. The molecule has 0 saturated heterocycles. The van der Waals surface area contributed by atoms with Crippen molar-refractivity contribution in [1.82, 2.24) is 5.32 Å². The number of aliphatic hydroxyl groups excluding tert-OH is 1. The normalized spacial score (nSPS) is 18.0. The lowest BCUT2D eigenvalue weighted by Gasteiger charge is -2.30. The van der Waals surface area contributed by atoms with Gasteiger partial charge in [-0.1, -0.05) is 30.3 Å². The summed E-state index contributed by atoms with van der Waals surface area (Å²) >= 11 is 0. The molecular weight excluding hydrogens is 496 g/mol. The van der Waals surface area contributed by atoms with Crippen LogP contribution in [0, 0.1) is 0 Å². The molecule has 0 radical (unpaired) electrons. The number of nitrogens with zero attached hydrogens (tertiary/aromatic N) is 1. The van der Waals surface area contributed by atoms with Gasteiger partial charge in [0.2, 0.25) is 5.90 Å². The molecule has 4 rings (SSSR count). The molecule has 2 N–H and O–H groups in total. The van der Waals surface area contributed by atoms with Crippen LogP contribution in [-0.2, 0) is 16.1 Å². The summed E-state index contributed by atoms with van der Waals surface area (Å²) in [5, 5.41) is 12.0. The summed E-state index contributed by atoms with van der Waals surface area (Å²) in [6, 6.07) is 22.3. The monoisotopic (exact) mass is 530 g/mol. The number of carbonyl (C=O) groups is 1. The molecule has 1 heterocycles. The van der Waals surface area contributed by atoms with Crippen LogP contribution in [-0.4, -0.2) is 49.9 Å². The third-order valence-corrected chi connectivity index (χ3v) is 6.49. The molecule has 0 aliphatic carbocycles. The number of rotatable bonds is 13. The Morgan fingerprint density at radius 2 is 1.77 bits per heavy atom. The van der Waals surface area contributed by atoms with Gasteiger partial charge in [0.15, 0.2) is 11.6 Å². The topological polar surface area (TPSA) is 98.6 Å². The van der Waals surface area contributed by atoms with Crippen molar-refractivity contribution in [2.24, 2.45) is 4.99 Å². The lowest BCUT2D eigenvalue weighted by molar-refractivity contribution is -0.129. The highest BCUT2D eigenvalue weighted by Crippen LogP contribution is 2.43. The highest BCUT2D eigenvalue weighted by Gasteiger charge is 2.52. The first kappa shape index (κ1) is 27.7. The molecule has 8 heteroatoms. The van der Waals surface area contributed by atoms with E-state index < -0.39 is 11.6 Å². The van der Waals surface area contributed by atoms with E-state index >= 15 is 0 Å². The van der Waals surface area contributed by atoms with Crippen LogP contribution in [0.1, 0.15) is 35.6 Å². The number of amides is 1. The minimum Gasteiger partial charge on any atom is -0.497 e. The summed E-state index contributed by atoms with van der Waals surface area (Å²) in [6.07, 6.45) is 1.79. The molecule has 1 amide bonds. The van der Waals surface area contributed by atoms with E-state index in [-0.39, 0.29) is 18.9 Å². The zero-order valence-electron chi connectivity index (χ0n) is 22.3. The second kappa shape index (κ2) is 13.0. The van der Waals surface area contributed by atoms with Gasteiger partial charge < -0.3 is 29.4 Å². The van der Waals surface area contributed by atoms with Crippen molar-refractivity contribution in [2.45, 2.75) is 31.0 Å². The van der Waals surface area contributed by atoms with Crippen LogP contribution in [0.2, 0.25) is 0 Å². The largest absolute Gasteiger partial charge is 0.497 e. The van der Waals surface area contributed by atoms with E-state index in [1.165, 1.54) is 0 Å². The standard InChI is InChI=1S/C31H34N2O6/c1-4-17-31(30(35)32-21-22-9-13-25(36-2)14-10-22)28(24-7-5-8-27(20-24)37-3)39-29(33-31)23-11-15-26(16-12-23)38-19-6-18-34/h4-5,7-16,20,28,34H,1,6,17-19,21H2,2-3H3,(H,32,35)/t28-,31-/m1/s1. The van der Waals surface area contributed by atoms with Crippen molar-refractivity contribution in [3.63, 3.8) is 0 Å². The van der Waals surface area contributed by atoms with Crippen LogP contribution in [0.25, 0.3) is 0 Å². The third kappa shape index (κ3) is 6.41. The first-order valence-corrected chi connectivity index (χ1v) is 12.8. The number of benzene rings is 3. The molecule has 0 bridgehead atoms. The highest BCUT2D eigenvalue weighted by molar-refractivity contribution is 6.01. The molecular formula is C31H34N2O6. The van der Waals surface area contributed by atoms with E-state index in [1.54, 1.807) is 20.3 Å². The Bertz CT molecular complexity index is 1290. The predicted molar refractivity (Wildman–Crippen MR) is 149 cm³/mol. The summed E-state index contributed by atoms with van der Waals surface area (Å²) in [7, 11) is 3.21. The molecule has 1 aliphatic heterocycles. The van der Waals surface area contributed by atoms with E-state index in [0.717, 1.165) is 16.9 Å². The van der Waals surface area contributed by atoms with Crippen LogP contribution in [0.3, 0.4) is 0 Å². The zero-order chi connectivity index (χ0) is 27.7. The maximum atomic E-state index is 13.9. The molecule has 0 saturated carbocycles. The van der Waals surface area contributed by atoms with Crippen molar-refractivity contribution in [1.29, 1.82) is 0 Å². The lowest BCUT2D eigenvalue weighted by Crippen LogP contribution is -2.47. The zero-order valence-corrected chi connectivity index (χ0v) is 22.3. The number of carbonyl (C=O) groups excluding carboxylic acids is 1. The maximum Gasteiger partial charge on any atom is 0.252 e. The summed E-state index contributed by atoms with van der Waals surface area (Å²) in [5.74, 6) is 2.15. The van der Waals surface area contributed by atoms with Gasteiger partial charge in [-0.15, -0.1) is 6.58 Å². The van der Waals surface area contributed by atoms with Crippen LogP contribution in [0.5, 0.6) is 17.2 Å². The van der Waals surface area contributed by atoms with E-state index in [4.69, 9.17) is 29.0 Å². The van der Waals surface area contributed by atoms with E-state index in [1.807, 2.05) is 72.8 Å². The van der Waals surface area contributed by atoms with Gasteiger partial charge in [-0.25, -0.2) is 4.99 Å².